The molecular weight excluding hydrogens is 481 g/mol. The normalized spacial score (nSPS) is 13.4. The van der Waals surface area contributed by atoms with E-state index in [-0.39, 0.29) is 12.4 Å². The first-order valence-electron chi connectivity index (χ1n) is 10.5. The Bertz CT molecular complexity index is 1310. The molecule has 7 nitrogen and oxygen atoms in total. The van der Waals surface area contributed by atoms with Gasteiger partial charge in [-0.05, 0) is 63.0 Å². The molecule has 0 bridgehead atoms. The van der Waals surface area contributed by atoms with Crippen molar-refractivity contribution in [2.45, 2.75) is 18.7 Å². The maximum atomic E-state index is 12.8. The summed E-state index contributed by atoms with van der Waals surface area (Å²) >= 11 is -2.04. The lowest BCUT2D eigenvalue weighted by Gasteiger charge is -2.15. The van der Waals surface area contributed by atoms with E-state index in [4.69, 9.17) is 4.74 Å². The molecule has 1 N–H and O–H groups in total. The fraction of sp³-hybridized carbons (Fsp3) is 0.208. The van der Waals surface area contributed by atoms with Gasteiger partial charge in [0, 0.05) is 7.05 Å². The first kappa shape index (κ1) is 24.6. The molecular formula is C24H21F3N4O3S. The zero-order chi connectivity index (χ0) is 25.0. The average molecular weight is 503 g/mol. The van der Waals surface area contributed by atoms with E-state index in [9.17, 15) is 21.9 Å². The van der Waals surface area contributed by atoms with Crippen LogP contribution in [0.5, 0.6) is 5.75 Å². The number of halogens is 3. The second kappa shape index (κ2) is 10.4. The molecule has 0 saturated carbocycles. The highest BCUT2D eigenvalue weighted by Crippen LogP contribution is 2.31. The Balaban J connectivity index is 1.45. The van der Waals surface area contributed by atoms with Gasteiger partial charge in [-0.2, -0.15) is 13.2 Å². The lowest BCUT2D eigenvalue weighted by molar-refractivity contribution is -0.137. The summed E-state index contributed by atoms with van der Waals surface area (Å²) in [7, 11) is 1.67. The smallest absolute Gasteiger partial charge is 0.416 e. The van der Waals surface area contributed by atoms with Gasteiger partial charge in [-0.25, -0.2) is 8.89 Å². The molecule has 1 aromatic heterocycles. The first-order chi connectivity index (χ1) is 16.7. The molecule has 3 aromatic carbocycles. The Labute approximate surface area is 201 Å². The third kappa shape index (κ3) is 6.11. The molecule has 0 radical (unpaired) electrons. The van der Waals surface area contributed by atoms with Crippen LogP contribution in [-0.4, -0.2) is 34.7 Å². The van der Waals surface area contributed by atoms with E-state index in [1.165, 1.54) is 16.8 Å². The summed E-state index contributed by atoms with van der Waals surface area (Å²) in [5.74, 6) is 0.552. The van der Waals surface area contributed by atoms with Gasteiger partial charge in [-0.1, -0.05) is 42.5 Å². The van der Waals surface area contributed by atoms with Crippen LogP contribution in [0, 0.1) is 0 Å². The van der Waals surface area contributed by atoms with Crippen LogP contribution in [0.3, 0.4) is 0 Å². The number of ether oxygens (including phenoxy) is 1. The SMILES string of the molecule is Cn1nnnc1C(CS(=O)O)c1ccc(OCc2cccc(-c3ccc(C(F)(F)F)cc3)c2)cc1. The van der Waals surface area contributed by atoms with E-state index < -0.39 is 28.7 Å². The number of tetrazole rings is 1. The van der Waals surface area contributed by atoms with E-state index in [0.29, 0.717) is 17.1 Å². The monoisotopic (exact) mass is 502 g/mol. The van der Waals surface area contributed by atoms with Gasteiger partial charge >= 0.3 is 6.18 Å². The van der Waals surface area contributed by atoms with E-state index in [1.54, 1.807) is 31.3 Å². The zero-order valence-corrected chi connectivity index (χ0v) is 19.3. The summed E-state index contributed by atoms with van der Waals surface area (Å²) < 4.78 is 66.6. The Kier molecular flexibility index (Phi) is 7.27. The molecule has 0 fully saturated rings. The standard InChI is InChI=1S/C24H21F3N4O3S/c1-31-23(28-29-30-31)22(15-35(32)33)18-7-11-21(12-8-18)34-14-16-3-2-4-19(13-16)17-5-9-20(10-6-17)24(25,26)27/h2-13,22H,14-15H2,1H3,(H,32,33). The molecule has 35 heavy (non-hydrogen) atoms. The van der Waals surface area contributed by atoms with Crippen molar-refractivity contribution in [2.75, 3.05) is 5.75 Å². The van der Waals surface area contributed by atoms with Crippen molar-refractivity contribution in [3.63, 3.8) is 0 Å². The number of alkyl halides is 3. The van der Waals surface area contributed by atoms with Gasteiger partial charge in [0.15, 0.2) is 16.9 Å². The predicted octanol–water partition coefficient (Wildman–Crippen LogP) is 4.83. The number of nitrogens with zero attached hydrogens (tertiary/aromatic N) is 4. The zero-order valence-electron chi connectivity index (χ0n) is 18.5. The van der Waals surface area contributed by atoms with Crippen LogP contribution < -0.4 is 4.74 Å². The number of hydrogen-bond donors (Lipinski definition) is 1. The van der Waals surface area contributed by atoms with Crippen molar-refractivity contribution >= 4 is 11.1 Å². The maximum absolute atomic E-state index is 12.8. The molecule has 0 spiro atoms. The summed E-state index contributed by atoms with van der Waals surface area (Å²) in [4.78, 5) is 0. The van der Waals surface area contributed by atoms with Crippen LogP contribution in [0.2, 0.25) is 0 Å². The Morgan fingerprint density at radius 2 is 1.74 bits per heavy atom. The van der Waals surface area contributed by atoms with Crippen LogP contribution in [0.25, 0.3) is 11.1 Å². The number of aryl methyl sites for hydroxylation is 1. The van der Waals surface area contributed by atoms with Gasteiger partial charge in [0.2, 0.25) is 0 Å². The van der Waals surface area contributed by atoms with E-state index >= 15 is 0 Å². The fourth-order valence-corrected chi connectivity index (χ4v) is 4.28. The second-order valence-electron chi connectivity index (χ2n) is 7.83. The van der Waals surface area contributed by atoms with E-state index in [0.717, 1.165) is 28.8 Å². The summed E-state index contributed by atoms with van der Waals surface area (Å²) in [6.45, 7) is 0.255. The Morgan fingerprint density at radius 1 is 1.03 bits per heavy atom. The largest absolute Gasteiger partial charge is 0.489 e. The third-order valence-electron chi connectivity index (χ3n) is 5.43. The van der Waals surface area contributed by atoms with Crippen molar-refractivity contribution in [3.05, 3.63) is 95.3 Å². The molecule has 182 valence electrons. The molecule has 4 aromatic rings. The molecule has 1 heterocycles. The second-order valence-corrected chi connectivity index (χ2v) is 8.81. The van der Waals surface area contributed by atoms with E-state index in [1.807, 2.05) is 24.3 Å². The summed E-state index contributed by atoms with van der Waals surface area (Å²) in [6.07, 6.45) is -4.37. The number of benzene rings is 3. The molecule has 0 aliphatic rings. The van der Waals surface area contributed by atoms with Crippen molar-refractivity contribution in [1.82, 2.24) is 20.2 Å². The number of aromatic nitrogens is 4. The lowest BCUT2D eigenvalue weighted by atomic mass is 10.00. The van der Waals surface area contributed by atoms with Crippen LogP contribution in [0.4, 0.5) is 13.2 Å². The topological polar surface area (TPSA) is 90.1 Å². The highest BCUT2D eigenvalue weighted by molar-refractivity contribution is 7.79. The highest BCUT2D eigenvalue weighted by atomic mass is 32.2. The summed E-state index contributed by atoms with van der Waals surface area (Å²) in [5, 5.41) is 11.4. The average Bonchev–Trinajstić information content (AvgIpc) is 3.27. The molecule has 4 rings (SSSR count). The maximum Gasteiger partial charge on any atom is 0.416 e. The van der Waals surface area contributed by atoms with Gasteiger partial charge in [0.05, 0.1) is 17.2 Å². The predicted molar refractivity (Wildman–Crippen MR) is 124 cm³/mol. The van der Waals surface area contributed by atoms with Crippen molar-refractivity contribution in [1.29, 1.82) is 0 Å². The number of rotatable bonds is 8. The molecule has 0 amide bonds. The van der Waals surface area contributed by atoms with Crippen molar-refractivity contribution < 1.29 is 26.7 Å². The molecule has 11 heteroatoms. The lowest BCUT2D eigenvalue weighted by Crippen LogP contribution is -2.15. The van der Waals surface area contributed by atoms with Crippen LogP contribution >= 0.6 is 0 Å². The summed E-state index contributed by atoms with van der Waals surface area (Å²) in [5.41, 5.74) is 2.39. The first-order valence-corrected chi connectivity index (χ1v) is 11.8. The third-order valence-corrected chi connectivity index (χ3v) is 6.05. The molecule has 2 atom stereocenters. The molecule has 0 saturated heterocycles. The minimum Gasteiger partial charge on any atom is -0.489 e. The molecule has 0 aliphatic carbocycles. The fourth-order valence-electron chi connectivity index (χ4n) is 3.65. The van der Waals surface area contributed by atoms with Gasteiger partial charge in [-0.15, -0.1) is 5.10 Å². The highest BCUT2D eigenvalue weighted by Gasteiger charge is 2.30. The minimum absolute atomic E-state index is 0.0504. The molecule has 0 aliphatic heterocycles. The number of hydrogen-bond acceptors (Lipinski definition) is 5. The van der Waals surface area contributed by atoms with Gasteiger partial charge in [-0.3, -0.25) is 0 Å². The van der Waals surface area contributed by atoms with Gasteiger partial charge in [0.25, 0.3) is 0 Å². The van der Waals surface area contributed by atoms with Gasteiger partial charge in [0.1, 0.15) is 12.4 Å². The van der Waals surface area contributed by atoms with Crippen LogP contribution in [0.15, 0.2) is 72.8 Å². The van der Waals surface area contributed by atoms with E-state index in [2.05, 4.69) is 15.5 Å². The minimum atomic E-state index is -4.37. The molecule has 2 unspecified atom stereocenters. The Hall–Kier alpha value is -3.57. The van der Waals surface area contributed by atoms with Crippen LogP contribution in [-0.2, 0) is 30.9 Å². The van der Waals surface area contributed by atoms with Crippen LogP contribution in [0.1, 0.15) is 28.4 Å². The quantitative estimate of drug-likeness (QED) is 0.347. The van der Waals surface area contributed by atoms with Crippen molar-refractivity contribution in [2.24, 2.45) is 7.05 Å². The Morgan fingerprint density at radius 3 is 2.34 bits per heavy atom. The van der Waals surface area contributed by atoms with Crippen molar-refractivity contribution in [3.8, 4) is 16.9 Å². The van der Waals surface area contributed by atoms with Gasteiger partial charge < -0.3 is 9.29 Å². The summed E-state index contributed by atoms with van der Waals surface area (Å²) in [6, 6.07) is 19.5.